The number of ether oxygens (including phenoxy) is 1. The number of rotatable bonds is 4. The van der Waals surface area contributed by atoms with Crippen molar-refractivity contribution < 1.29 is 14.1 Å². The summed E-state index contributed by atoms with van der Waals surface area (Å²) in [5.74, 6) is -0.0180. The summed E-state index contributed by atoms with van der Waals surface area (Å²) in [5, 5.41) is 3.12. The molecule has 4 heterocycles. The molecule has 28 heavy (non-hydrogen) atoms. The van der Waals surface area contributed by atoms with E-state index in [1.165, 1.54) is 4.40 Å². The fourth-order valence-electron chi connectivity index (χ4n) is 3.72. The molecular formula is C20H24N5O3+. The standard InChI is InChI=1S/C20H23N5O3/c1-3-22-19(26)14-10-15-18(25(16(14)21)11-13-7-5-9-28-13)23-17-12(2)6-4-8-24(17)20(15)27/h4,6,8,10,13,21H,3,5,7,9,11H2,1-2H3,(H,22,26)/p+1. The van der Waals surface area contributed by atoms with Crippen LogP contribution in [-0.4, -0.2) is 34.5 Å². The highest BCUT2D eigenvalue weighted by atomic mass is 16.5. The second kappa shape index (κ2) is 7.20. The predicted octanol–water partition coefficient (Wildman–Crippen LogP) is 0.955. The minimum Gasteiger partial charge on any atom is -0.375 e. The quantitative estimate of drug-likeness (QED) is 0.517. The molecule has 1 aliphatic heterocycles. The molecule has 0 saturated carbocycles. The molecule has 0 bridgehead atoms. The highest BCUT2D eigenvalue weighted by molar-refractivity contribution is 6.00. The van der Waals surface area contributed by atoms with Gasteiger partial charge >= 0.3 is 0 Å². The maximum Gasteiger partial charge on any atom is 0.278 e. The number of carbonyl (C=O) groups is 1. The van der Waals surface area contributed by atoms with Crippen molar-refractivity contribution in [1.29, 1.82) is 0 Å². The van der Waals surface area contributed by atoms with E-state index >= 15 is 0 Å². The predicted molar refractivity (Wildman–Crippen MR) is 105 cm³/mol. The van der Waals surface area contributed by atoms with Crippen LogP contribution in [0.3, 0.4) is 0 Å². The lowest BCUT2D eigenvalue weighted by atomic mass is 10.1. The van der Waals surface area contributed by atoms with Crippen LogP contribution in [0.5, 0.6) is 0 Å². The fourth-order valence-corrected chi connectivity index (χ4v) is 3.72. The van der Waals surface area contributed by atoms with Gasteiger partial charge in [-0.05, 0) is 38.8 Å². The summed E-state index contributed by atoms with van der Waals surface area (Å²) in [5.41, 5.74) is 8.37. The summed E-state index contributed by atoms with van der Waals surface area (Å²) in [6.07, 6.45) is 3.56. The van der Waals surface area contributed by atoms with Crippen LogP contribution >= 0.6 is 0 Å². The molecule has 1 fully saturated rings. The molecule has 4 rings (SSSR count). The normalized spacial score (nSPS) is 16.7. The lowest BCUT2D eigenvalue weighted by molar-refractivity contribution is -0.666. The molecule has 1 aliphatic rings. The molecule has 0 radical (unpaired) electrons. The number of nitrogens with one attached hydrogen (secondary N) is 1. The Morgan fingerprint density at radius 3 is 3.04 bits per heavy atom. The van der Waals surface area contributed by atoms with E-state index in [9.17, 15) is 9.59 Å². The lowest BCUT2D eigenvalue weighted by Gasteiger charge is -2.15. The monoisotopic (exact) mass is 382 g/mol. The Bertz CT molecular complexity index is 1130. The molecular weight excluding hydrogens is 358 g/mol. The van der Waals surface area contributed by atoms with Gasteiger partial charge in [0.15, 0.2) is 0 Å². The molecule has 146 valence electrons. The second-order valence-electron chi connectivity index (χ2n) is 7.09. The Balaban J connectivity index is 2.04. The van der Waals surface area contributed by atoms with Crippen molar-refractivity contribution in [3.8, 4) is 0 Å². The topological polar surface area (TPSA) is 103 Å². The van der Waals surface area contributed by atoms with Crippen LogP contribution in [0.2, 0.25) is 0 Å². The van der Waals surface area contributed by atoms with Crippen molar-refractivity contribution in [2.45, 2.75) is 39.3 Å². The number of pyridine rings is 2. The number of aryl methyl sites for hydroxylation is 1. The maximum absolute atomic E-state index is 13.2. The van der Waals surface area contributed by atoms with Crippen molar-refractivity contribution in [2.75, 3.05) is 18.9 Å². The van der Waals surface area contributed by atoms with Crippen LogP contribution in [0.15, 0.2) is 29.2 Å². The molecule has 8 heteroatoms. The third-order valence-electron chi connectivity index (χ3n) is 5.17. The molecule has 1 amide bonds. The van der Waals surface area contributed by atoms with Gasteiger partial charge in [0.25, 0.3) is 17.1 Å². The SMILES string of the molecule is CCNC(=O)c1cc2c(=O)n3cccc(C)c3nc2[n+](CC2CCCO2)c1N. The second-order valence-corrected chi connectivity index (χ2v) is 7.09. The van der Waals surface area contributed by atoms with Crippen LogP contribution in [-0.2, 0) is 11.3 Å². The number of hydrogen-bond acceptors (Lipinski definition) is 5. The zero-order valence-electron chi connectivity index (χ0n) is 16.1. The van der Waals surface area contributed by atoms with Gasteiger partial charge in [0.2, 0.25) is 11.5 Å². The number of fused-ring (bicyclic) bond motifs is 2. The average Bonchev–Trinajstić information content (AvgIpc) is 3.18. The number of nitrogens with two attached hydrogens (primary N) is 1. The average molecular weight is 382 g/mol. The highest BCUT2D eigenvalue weighted by Crippen LogP contribution is 2.18. The first-order chi connectivity index (χ1) is 13.5. The van der Waals surface area contributed by atoms with Crippen LogP contribution in [0.25, 0.3) is 16.7 Å². The summed E-state index contributed by atoms with van der Waals surface area (Å²) in [7, 11) is 0. The number of carbonyl (C=O) groups excluding carboxylic acids is 1. The molecule has 1 saturated heterocycles. The summed E-state index contributed by atoms with van der Waals surface area (Å²) < 4.78 is 9.02. The third-order valence-corrected chi connectivity index (χ3v) is 5.17. The first-order valence-corrected chi connectivity index (χ1v) is 9.55. The van der Waals surface area contributed by atoms with E-state index in [4.69, 9.17) is 15.5 Å². The van der Waals surface area contributed by atoms with Crippen molar-refractivity contribution in [3.63, 3.8) is 0 Å². The van der Waals surface area contributed by atoms with Crippen LogP contribution in [0, 0.1) is 6.92 Å². The van der Waals surface area contributed by atoms with Gasteiger partial charge < -0.3 is 15.8 Å². The first kappa shape index (κ1) is 18.4. The van der Waals surface area contributed by atoms with Crippen molar-refractivity contribution in [2.24, 2.45) is 0 Å². The van der Waals surface area contributed by atoms with Gasteiger partial charge in [-0.3, -0.25) is 14.0 Å². The van der Waals surface area contributed by atoms with E-state index in [0.29, 0.717) is 42.2 Å². The molecule has 1 unspecified atom stereocenters. The van der Waals surface area contributed by atoms with Gasteiger partial charge in [-0.25, -0.2) is 4.57 Å². The smallest absolute Gasteiger partial charge is 0.278 e. The summed E-state index contributed by atoms with van der Waals surface area (Å²) in [6, 6.07) is 5.26. The molecule has 0 aromatic carbocycles. The van der Waals surface area contributed by atoms with Gasteiger partial charge in [-0.15, -0.1) is 0 Å². The Labute approximate surface area is 161 Å². The number of anilines is 1. The van der Waals surface area contributed by atoms with Crippen LogP contribution in [0.4, 0.5) is 5.82 Å². The Morgan fingerprint density at radius 2 is 2.32 bits per heavy atom. The number of aromatic nitrogens is 3. The highest BCUT2D eigenvalue weighted by Gasteiger charge is 2.27. The van der Waals surface area contributed by atoms with Gasteiger partial charge in [0.05, 0.1) is 12.6 Å². The van der Waals surface area contributed by atoms with Crippen LogP contribution in [0.1, 0.15) is 35.7 Å². The summed E-state index contributed by atoms with van der Waals surface area (Å²) in [6.45, 7) is 5.37. The van der Waals surface area contributed by atoms with Gasteiger partial charge in [0, 0.05) is 24.9 Å². The minimum atomic E-state index is -0.309. The van der Waals surface area contributed by atoms with Crippen molar-refractivity contribution in [1.82, 2.24) is 14.7 Å². The molecule has 0 aliphatic carbocycles. The van der Waals surface area contributed by atoms with E-state index in [1.807, 2.05) is 19.9 Å². The molecule has 3 N–H and O–H groups in total. The number of amides is 1. The Morgan fingerprint density at radius 1 is 1.50 bits per heavy atom. The number of nitrogen functional groups attached to an aromatic ring is 1. The van der Waals surface area contributed by atoms with Crippen molar-refractivity contribution >= 4 is 28.4 Å². The number of nitrogens with zero attached hydrogens (tertiary/aromatic N) is 3. The summed E-state index contributed by atoms with van der Waals surface area (Å²) in [4.78, 5) is 30.5. The van der Waals surface area contributed by atoms with E-state index in [-0.39, 0.29) is 23.1 Å². The van der Waals surface area contributed by atoms with Crippen molar-refractivity contribution in [3.05, 3.63) is 45.9 Å². The zero-order valence-corrected chi connectivity index (χ0v) is 16.1. The Kier molecular flexibility index (Phi) is 4.72. The molecule has 0 spiro atoms. The Hall–Kier alpha value is -3.00. The molecule has 1 atom stereocenters. The first-order valence-electron chi connectivity index (χ1n) is 9.55. The molecule has 3 aromatic rings. The molecule has 3 aromatic heterocycles. The van der Waals surface area contributed by atoms with Gasteiger partial charge in [-0.2, -0.15) is 0 Å². The van der Waals surface area contributed by atoms with Gasteiger partial charge in [-0.1, -0.05) is 11.1 Å². The minimum absolute atomic E-state index is 0.0166. The zero-order chi connectivity index (χ0) is 19.8. The number of hydrogen-bond donors (Lipinski definition) is 2. The lowest BCUT2D eigenvalue weighted by Crippen LogP contribution is -2.46. The summed E-state index contributed by atoms with van der Waals surface area (Å²) >= 11 is 0. The van der Waals surface area contributed by atoms with E-state index in [1.54, 1.807) is 22.9 Å². The molecule has 8 nitrogen and oxygen atoms in total. The largest absolute Gasteiger partial charge is 0.375 e. The van der Waals surface area contributed by atoms with Gasteiger partial charge in [0.1, 0.15) is 10.9 Å². The third kappa shape index (κ3) is 2.99. The van der Waals surface area contributed by atoms with E-state index in [0.717, 1.165) is 18.4 Å². The maximum atomic E-state index is 13.2. The fraction of sp³-hybridized carbons (Fsp3) is 0.400. The van der Waals surface area contributed by atoms with Crippen LogP contribution < -0.4 is 21.2 Å². The van der Waals surface area contributed by atoms with E-state index < -0.39 is 0 Å². The van der Waals surface area contributed by atoms with E-state index in [2.05, 4.69) is 5.32 Å².